The maximum Gasteiger partial charge on any atom is 0.326 e. The second-order valence-corrected chi connectivity index (χ2v) is 5.55. The lowest BCUT2D eigenvalue weighted by Gasteiger charge is -2.36. The molecule has 1 aromatic carbocycles. The molecule has 0 saturated carbocycles. The van der Waals surface area contributed by atoms with Crippen LogP contribution in [0.4, 0.5) is 4.79 Å². The van der Waals surface area contributed by atoms with E-state index >= 15 is 0 Å². The average Bonchev–Trinajstić information content (AvgIpc) is 2.44. The summed E-state index contributed by atoms with van der Waals surface area (Å²) in [5.41, 5.74) is 2.86. The molecule has 1 aliphatic heterocycles. The quantitative estimate of drug-likeness (QED) is 0.867. The van der Waals surface area contributed by atoms with Gasteiger partial charge in [-0.2, -0.15) is 0 Å². The van der Waals surface area contributed by atoms with Crippen molar-refractivity contribution in [2.75, 3.05) is 13.6 Å². The number of nitrogens with zero attached hydrogens (tertiary/aromatic N) is 2. The summed E-state index contributed by atoms with van der Waals surface area (Å²) >= 11 is 0. The van der Waals surface area contributed by atoms with Gasteiger partial charge in [0.1, 0.15) is 6.04 Å². The summed E-state index contributed by atoms with van der Waals surface area (Å²) < 4.78 is 0. The fourth-order valence-electron chi connectivity index (χ4n) is 2.64. The van der Waals surface area contributed by atoms with Gasteiger partial charge in [-0.3, -0.25) is 0 Å². The summed E-state index contributed by atoms with van der Waals surface area (Å²) in [6, 6.07) is 6.56. The maximum atomic E-state index is 12.5. The Morgan fingerprint density at radius 1 is 1.38 bits per heavy atom. The molecule has 0 radical (unpaired) electrons. The zero-order valence-corrected chi connectivity index (χ0v) is 12.4. The third kappa shape index (κ3) is 3.24. The fourth-order valence-corrected chi connectivity index (χ4v) is 2.64. The molecule has 2 amide bonds. The summed E-state index contributed by atoms with van der Waals surface area (Å²) in [7, 11) is 1.66. The lowest BCUT2D eigenvalue weighted by atomic mass is 9.94. The molecule has 2 rings (SSSR count). The van der Waals surface area contributed by atoms with Crippen molar-refractivity contribution in [1.29, 1.82) is 0 Å². The minimum atomic E-state index is -0.971. The van der Waals surface area contributed by atoms with Crippen LogP contribution in [-0.4, -0.2) is 46.5 Å². The molecule has 0 fully saturated rings. The van der Waals surface area contributed by atoms with Gasteiger partial charge in [0.25, 0.3) is 0 Å². The van der Waals surface area contributed by atoms with Crippen LogP contribution in [0.2, 0.25) is 0 Å². The molecule has 0 saturated heterocycles. The molecule has 1 heterocycles. The predicted octanol–water partition coefficient (Wildman–Crippen LogP) is 2.13. The molecule has 1 N–H and O–H groups in total. The molecule has 1 aliphatic rings. The van der Waals surface area contributed by atoms with E-state index in [0.29, 0.717) is 19.5 Å². The van der Waals surface area contributed by atoms with Crippen LogP contribution in [0.25, 0.3) is 0 Å². The maximum absolute atomic E-state index is 12.5. The normalized spacial score (nSPS) is 17.0. The van der Waals surface area contributed by atoms with E-state index in [-0.39, 0.29) is 6.03 Å². The minimum absolute atomic E-state index is 0.278. The van der Waals surface area contributed by atoms with Gasteiger partial charge in [-0.15, -0.1) is 0 Å². The third-order valence-corrected chi connectivity index (χ3v) is 3.61. The van der Waals surface area contributed by atoms with Gasteiger partial charge in [0.15, 0.2) is 0 Å². The van der Waals surface area contributed by atoms with Crippen molar-refractivity contribution in [3.63, 3.8) is 0 Å². The van der Waals surface area contributed by atoms with Gasteiger partial charge in [0.2, 0.25) is 0 Å². The molecular weight excluding hydrogens is 268 g/mol. The molecule has 1 atom stereocenters. The van der Waals surface area contributed by atoms with Crippen LogP contribution < -0.4 is 0 Å². The van der Waals surface area contributed by atoms with Crippen LogP contribution in [-0.2, 0) is 17.8 Å². The van der Waals surface area contributed by atoms with Crippen LogP contribution in [0.15, 0.2) is 36.4 Å². The third-order valence-electron chi connectivity index (χ3n) is 3.61. The average molecular weight is 288 g/mol. The van der Waals surface area contributed by atoms with E-state index in [0.717, 1.165) is 16.7 Å². The van der Waals surface area contributed by atoms with Crippen LogP contribution >= 0.6 is 0 Å². The number of carboxylic acids is 1. The molecular formula is C16H20N2O3. The number of fused-ring (bicyclic) bond motifs is 1. The first-order valence-corrected chi connectivity index (χ1v) is 6.86. The van der Waals surface area contributed by atoms with Gasteiger partial charge in [0, 0.05) is 26.6 Å². The number of carbonyl (C=O) groups excluding carboxylic acids is 1. The second kappa shape index (κ2) is 5.99. The van der Waals surface area contributed by atoms with E-state index in [1.165, 1.54) is 9.80 Å². The van der Waals surface area contributed by atoms with Gasteiger partial charge in [-0.25, -0.2) is 9.59 Å². The Kier molecular flexibility index (Phi) is 4.31. The molecule has 112 valence electrons. The number of rotatable bonds is 3. The summed E-state index contributed by atoms with van der Waals surface area (Å²) in [5.74, 6) is -0.971. The number of hydrogen-bond acceptors (Lipinski definition) is 2. The zero-order chi connectivity index (χ0) is 15.6. The number of hydrogen-bond donors (Lipinski definition) is 1. The summed E-state index contributed by atoms with van der Waals surface area (Å²) in [6.07, 6.45) is 0.345. The number of benzene rings is 1. The smallest absolute Gasteiger partial charge is 0.326 e. The lowest BCUT2D eigenvalue weighted by molar-refractivity contribution is -0.142. The molecule has 0 bridgehead atoms. The van der Waals surface area contributed by atoms with Crippen molar-refractivity contribution in [1.82, 2.24) is 9.80 Å². The van der Waals surface area contributed by atoms with Crippen molar-refractivity contribution < 1.29 is 14.7 Å². The van der Waals surface area contributed by atoms with E-state index in [4.69, 9.17) is 0 Å². The molecule has 0 aromatic heterocycles. The molecule has 0 spiro atoms. The summed E-state index contributed by atoms with van der Waals surface area (Å²) in [4.78, 5) is 26.9. The van der Waals surface area contributed by atoms with Gasteiger partial charge < -0.3 is 14.9 Å². The first-order valence-electron chi connectivity index (χ1n) is 6.86. The first-order chi connectivity index (χ1) is 9.90. The van der Waals surface area contributed by atoms with Gasteiger partial charge in [0.05, 0.1) is 0 Å². The van der Waals surface area contributed by atoms with Crippen molar-refractivity contribution in [2.45, 2.75) is 25.9 Å². The highest BCUT2D eigenvalue weighted by atomic mass is 16.4. The minimum Gasteiger partial charge on any atom is -0.480 e. The van der Waals surface area contributed by atoms with E-state index < -0.39 is 12.0 Å². The number of amides is 2. The van der Waals surface area contributed by atoms with Crippen molar-refractivity contribution in [3.05, 3.63) is 47.5 Å². The molecule has 0 unspecified atom stereocenters. The van der Waals surface area contributed by atoms with Gasteiger partial charge >= 0.3 is 12.0 Å². The Morgan fingerprint density at radius 3 is 2.57 bits per heavy atom. The number of carboxylic acid groups (broad SMARTS) is 1. The summed E-state index contributed by atoms with van der Waals surface area (Å²) in [6.45, 7) is 6.37. The molecule has 5 heteroatoms. The largest absolute Gasteiger partial charge is 0.480 e. The molecule has 1 aromatic rings. The highest BCUT2D eigenvalue weighted by Crippen LogP contribution is 2.24. The summed E-state index contributed by atoms with van der Waals surface area (Å²) in [5, 5.41) is 9.42. The van der Waals surface area contributed by atoms with Crippen LogP contribution in [0.1, 0.15) is 18.1 Å². The van der Waals surface area contributed by atoms with Crippen molar-refractivity contribution >= 4 is 12.0 Å². The lowest BCUT2D eigenvalue weighted by Crippen LogP contribution is -2.52. The van der Waals surface area contributed by atoms with E-state index in [9.17, 15) is 14.7 Å². The first kappa shape index (κ1) is 15.1. The van der Waals surface area contributed by atoms with Crippen LogP contribution in [0, 0.1) is 0 Å². The number of carbonyl (C=O) groups is 2. The topological polar surface area (TPSA) is 60.9 Å². The predicted molar refractivity (Wildman–Crippen MR) is 80.0 cm³/mol. The fraction of sp³-hybridized carbons (Fsp3) is 0.375. The Hall–Kier alpha value is -2.30. The Labute approximate surface area is 124 Å². The Balaban J connectivity index is 2.26. The second-order valence-electron chi connectivity index (χ2n) is 5.55. The van der Waals surface area contributed by atoms with Gasteiger partial charge in [-0.05, 0) is 18.1 Å². The monoisotopic (exact) mass is 288 g/mol. The van der Waals surface area contributed by atoms with Crippen molar-refractivity contribution in [3.8, 4) is 0 Å². The zero-order valence-electron chi connectivity index (χ0n) is 12.4. The van der Waals surface area contributed by atoms with Crippen LogP contribution in [0.3, 0.4) is 0 Å². The molecule has 21 heavy (non-hydrogen) atoms. The highest BCUT2D eigenvalue weighted by molar-refractivity contribution is 5.83. The Bertz CT molecular complexity index is 583. The Morgan fingerprint density at radius 2 is 2.00 bits per heavy atom. The number of likely N-dealkylation sites (N-methyl/N-ethyl adjacent to an activating group) is 1. The molecule has 5 nitrogen and oxygen atoms in total. The number of urea groups is 1. The van der Waals surface area contributed by atoms with E-state index in [1.54, 1.807) is 7.05 Å². The molecule has 0 aliphatic carbocycles. The van der Waals surface area contributed by atoms with Gasteiger partial charge in [-0.1, -0.05) is 36.4 Å². The van der Waals surface area contributed by atoms with Crippen LogP contribution in [0.5, 0.6) is 0 Å². The standard InChI is InChI=1S/C16H20N2O3/c1-11(2)9-17(3)16(21)18-10-13-7-5-4-6-12(13)8-14(18)15(19)20/h4-7,14H,1,8-10H2,2-3H3,(H,19,20)/t14-/m1/s1. The number of aliphatic carboxylic acids is 1. The highest BCUT2D eigenvalue weighted by Gasteiger charge is 2.35. The van der Waals surface area contributed by atoms with E-state index in [2.05, 4.69) is 6.58 Å². The SMILES string of the molecule is C=C(C)CN(C)C(=O)N1Cc2ccccc2C[C@@H]1C(=O)O. The van der Waals surface area contributed by atoms with E-state index in [1.807, 2.05) is 31.2 Å². The van der Waals surface area contributed by atoms with Crippen molar-refractivity contribution in [2.24, 2.45) is 0 Å².